The van der Waals surface area contributed by atoms with Crippen LogP contribution in [0.2, 0.25) is 0 Å². The molecule has 2 heteroatoms. The lowest BCUT2D eigenvalue weighted by atomic mass is 9.89. The average Bonchev–Trinajstić information content (AvgIpc) is 2.38. The van der Waals surface area contributed by atoms with Crippen molar-refractivity contribution in [1.82, 2.24) is 10.3 Å². The summed E-state index contributed by atoms with van der Waals surface area (Å²) >= 11 is 0. The van der Waals surface area contributed by atoms with Crippen molar-refractivity contribution >= 4 is 10.8 Å². The zero-order valence-electron chi connectivity index (χ0n) is 10.2. The number of aromatic nitrogens is 1. The topological polar surface area (TPSA) is 24.9 Å². The van der Waals surface area contributed by atoms with Crippen molar-refractivity contribution in [3.8, 4) is 0 Å². The summed E-state index contributed by atoms with van der Waals surface area (Å²) in [6.45, 7) is 3.37. The Morgan fingerprint density at radius 1 is 1.24 bits per heavy atom. The van der Waals surface area contributed by atoms with Crippen LogP contribution in [-0.4, -0.2) is 17.6 Å². The number of hydrogen-bond donors (Lipinski definition) is 1. The van der Waals surface area contributed by atoms with Crippen LogP contribution in [0.25, 0.3) is 10.8 Å². The highest BCUT2D eigenvalue weighted by atomic mass is 14.9. The van der Waals surface area contributed by atoms with Crippen molar-refractivity contribution < 1.29 is 0 Å². The van der Waals surface area contributed by atoms with E-state index in [0.29, 0.717) is 12.0 Å². The zero-order chi connectivity index (χ0) is 11.7. The van der Waals surface area contributed by atoms with Crippen LogP contribution in [0.4, 0.5) is 0 Å². The van der Waals surface area contributed by atoms with E-state index in [9.17, 15) is 0 Å². The Kier molecular flexibility index (Phi) is 2.81. The van der Waals surface area contributed by atoms with Crippen LogP contribution < -0.4 is 5.32 Å². The summed E-state index contributed by atoms with van der Waals surface area (Å²) in [7, 11) is 0. The Morgan fingerprint density at radius 2 is 2.06 bits per heavy atom. The van der Waals surface area contributed by atoms with Gasteiger partial charge in [-0.1, -0.05) is 24.3 Å². The van der Waals surface area contributed by atoms with E-state index in [0.717, 1.165) is 6.54 Å². The van der Waals surface area contributed by atoms with Crippen molar-refractivity contribution in [1.29, 1.82) is 0 Å². The van der Waals surface area contributed by atoms with Gasteiger partial charge in [0.05, 0.1) is 0 Å². The van der Waals surface area contributed by atoms with Crippen molar-refractivity contribution in [3.63, 3.8) is 0 Å². The molecule has 0 amide bonds. The summed E-state index contributed by atoms with van der Waals surface area (Å²) < 4.78 is 0. The molecule has 1 aliphatic rings. The molecule has 0 spiro atoms. The maximum atomic E-state index is 4.64. The van der Waals surface area contributed by atoms with E-state index in [4.69, 9.17) is 0 Å². The van der Waals surface area contributed by atoms with E-state index in [1.54, 1.807) is 0 Å². The number of benzene rings is 1. The number of pyridine rings is 1. The Balaban J connectivity index is 1.94. The first-order valence-corrected chi connectivity index (χ1v) is 6.41. The molecular formula is C15H18N2. The highest BCUT2D eigenvalue weighted by molar-refractivity contribution is 5.81. The molecule has 1 saturated heterocycles. The van der Waals surface area contributed by atoms with Crippen molar-refractivity contribution in [2.24, 2.45) is 0 Å². The fourth-order valence-corrected chi connectivity index (χ4v) is 2.72. The van der Waals surface area contributed by atoms with Gasteiger partial charge >= 0.3 is 0 Å². The monoisotopic (exact) mass is 226 g/mol. The molecule has 1 N–H and O–H groups in total. The molecule has 0 aliphatic carbocycles. The van der Waals surface area contributed by atoms with Crippen LogP contribution in [0.3, 0.4) is 0 Å². The summed E-state index contributed by atoms with van der Waals surface area (Å²) in [4.78, 5) is 4.64. The second-order valence-corrected chi connectivity index (χ2v) is 5.03. The molecule has 2 heterocycles. The summed E-state index contributed by atoms with van der Waals surface area (Å²) in [5, 5.41) is 6.03. The van der Waals surface area contributed by atoms with Gasteiger partial charge < -0.3 is 5.32 Å². The first-order valence-electron chi connectivity index (χ1n) is 6.41. The lowest BCUT2D eigenvalue weighted by molar-refractivity contribution is 0.377. The van der Waals surface area contributed by atoms with Gasteiger partial charge in [0.1, 0.15) is 0 Å². The number of rotatable bonds is 1. The van der Waals surface area contributed by atoms with Gasteiger partial charge in [-0.25, -0.2) is 0 Å². The summed E-state index contributed by atoms with van der Waals surface area (Å²) in [5.41, 5.74) is 1.26. The minimum absolute atomic E-state index is 0.613. The van der Waals surface area contributed by atoms with Gasteiger partial charge in [0.2, 0.25) is 0 Å². The summed E-state index contributed by atoms with van der Waals surface area (Å²) in [5.74, 6) is 0.621. The summed E-state index contributed by atoms with van der Waals surface area (Å²) in [6, 6.07) is 11.3. The Labute approximate surface area is 102 Å². The third kappa shape index (κ3) is 2.18. The second-order valence-electron chi connectivity index (χ2n) is 5.03. The van der Waals surface area contributed by atoms with Crippen molar-refractivity contribution in [3.05, 3.63) is 42.2 Å². The number of piperidine rings is 1. The first kappa shape index (κ1) is 10.7. The van der Waals surface area contributed by atoms with Crippen LogP contribution in [0.1, 0.15) is 31.4 Å². The number of fused-ring (bicyclic) bond motifs is 1. The Hall–Kier alpha value is -1.41. The normalized spacial score (nSPS) is 25.0. The van der Waals surface area contributed by atoms with Gasteiger partial charge in [0.25, 0.3) is 0 Å². The first-order chi connectivity index (χ1) is 8.33. The van der Waals surface area contributed by atoms with Crippen LogP contribution in [-0.2, 0) is 0 Å². The van der Waals surface area contributed by atoms with Crippen molar-refractivity contribution in [2.75, 3.05) is 6.54 Å². The third-order valence-electron chi connectivity index (χ3n) is 3.69. The molecule has 0 unspecified atom stereocenters. The highest BCUT2D eigenvalue weighted by Crippen LogP contribution is 2.27. The van der Waals surface area contributed by atoms with Crippen LogP contribution in [0.15, 0.2) is 36.5 Å². The average molecular weight is 226 g/mol. The predicted octanol–water partition coefficient (Wildman–Crippen LogP) is 3.09. The molecule has 3 rings (SSSR count). The fraction of sp³-hybridized carbons (Fsp3) is 0.400. The van der Waals surface area contributed by atoms with Gasteiger partial charge in [-0.3, -0.25) is 4.98 Å². The molecule has 2 nitrogen and oxygen atoms in total. The fourth-order valence-electron chi connectivity index (χ4n) is 2.72. The van der Waals surface area contributed by atoms with E-state index < -0.39 is 0 Å². The molecule has 1 aliphatic heterocycles. The van der Waals surface area contributed by atoms with E-state index in [2.05, 4.69) is 47.6 Å². The third-order valence-corrected chi connectivity index (χ3v) is 3.69. The standard InChI is InChI=1S/C15H18N2/c1-11-8-13(6-7-16-11)15-9-12-4-2-3-5-14(12)10-17-15/h2-5,9-11,13,16H,6-8H2,1H3/t11-,13+/m1/s1. The highest BCUT2D eigenvalue weighted by Gasteiger charge is 2.20. The SMILES string of the molecule is C[C@@H]1C[C@@H](c2cc3ccccc3cn2)CCN1. The van der Waals surface area contributed by atoms with Gasteiger partial charge in [0, 0.05) is 29.2 Å². The van der Waals surface area contributed by atoms with Crippen LogP contribution >= 0.6 is 0 Å². The molecule has 1 aromatic carbocycles. The molecule has 88 valence electrons. The van der Waals surface area contributed by atoms with E-state index >= 15 is 0 Å². The minimum Gasteiger partial charge on any atom is -0.314 e. The largest absolute Gasteiger partial charge is 0.314 e. The van der Waals surface area contributed by atoms with Gasteiger partial charge in [0.15, 0.2) is 0 Å². The zero-order valence-corrected chi connectivity index (χ0v) is 10.2. The van der Waals surface area contributed by atoms with Crippen LogP contribution in [0, 0.1) is 0 Å². The molecule has 1 aromatic heterocycles. The lowest BCUT2D eigenvalue weighted by Crippen LogP contribution is -2.35. The summed E-state index contributed by atoms with van der Waals surface area (Å²) in [6.07, 6.45) is 4.42. The van der Waals surface area contributed by atoms with Crippen molar-refractivity contribution in [2.45, 2.75) is 31.7 Å². The van der Waals surface area contributed by atoms with E-state index in [-0.39, 0.29) is 0 Å². The second kappa shape index (κ2) is 4.46. The van der Waals surface area contributed by atoms with Crippen LogP contribution in [0.5, 0.6) is 0 Å². The van der Waals surface area contributed by atoms with E-state index in [1.807, 2.05) is 6.20 Å². The number of nitrogens with zero attached hydrogens (tertiary/aromatic N) is 1. The molecule has 2 atom stereocenters. The van der Waals surface area contributed by atoms with Gasteiger partial charge in [-0.2, -0.15) is 0 Å². The number of hydrogen-bond acceptors (Lipinski definition) is 2. The minimum atomic E-state index is 0.613. The van der Waals surface area contributed by atoms with E-state index in [1.165, 1.54) is 29.3 Å². The molecular weight excluding hydrogens is 208 g/mol. The molecule has 0 radical (unpaired) electrons. The molecule has 0 saturated carbocycles. The quantitative estimate of drug-likeness (QED) is 0.808. The molecule has 1 fully saturated rings. The molecule has 0 bridgehead atoms. The maximum absolute atomic E-state index is 4.64. The maximum Gasteiger partial charge on any atom is 0.0442 e. The lowest BCUT2D eigenvalue weighted by Gasteiger charge is -2.27. The Morgan fingerprint density at radius 3 is 2.88 bits per heavy atom. The molecule has 2 aromatic rings. The predicted molar refractivity (Wildman–Crippen MR) is 71.2 cm³/mol. The number of nitrogens with one attached hydrogen (secondary N) is 1. The smallest absolute Gasteiger partial charge is 0.0442 e. The molecule has 17 heavy (non-hydrogen) atoms. The van der Waals surface area contributed by atoms with Gasteiger partial charge in [-0.15, -0.1) is 0 Å². The Bertz CT molecular complexity index is 521. The van der Waals surface area contributed by atoms with Gasteiger partial charge in [-0.05, 0) is 37.8 Å².